The molecular weight excluding hydrogens is 232 g/mol. The maximum atomic E-state index is 9.29. The molecule has 0 saturated heterocycles. The van der Waals surface area contributed by atoms with Crippen LogP contribution in [0.5, 0.6) is 0 Å². The van der Waals surface area contributed by atoms with Gasteiger partial charge >= 0.3 is 0 Å². The van der Waals surface area contributed by atoms with Gasteiger partial charge in [-0.25, -0.2) is 0 Å². The molecule has 1 fully saturated rings. The highest BCUT2D eigenvalue weighted by Crippen LogP contribution is 2.43. The van der Waals surface area contributed by atoms with Gasteiger partial charge in [-0.2, -0.15) is 0 Å². The zero-order chi connectivity index (χ0) is 14.0. The first-order valence-corrected chi connectivity index (χ1v) is 7.73. The van der Waals surface area contributed by atoms with E-state index < -0.39 is 0 Å². The Hall–Kier alpha value is -0.820. The first-order valence-electron chi connectivity index (χ1n) is 7.73. The summed E-state index contributed by atoms with van der Waals surface area (Å²) in [7, 11) is 0. The van der Waals surface area contributed by atoms with Crippen LogP contribution in [0, 0.1) is 24.7 Å². The quantitative estimate of drug-likeness (QED) is 0.837. The highest BCUT2D eigenvalue weighted by molar-refractivity contribution is 5.33. The minimum atomic E-state index is 0.154. The van der Waals surface area contributed by atoms with Crippen LogP contribution in [-0.4, -0.2) is 5.11 Å². The molecule has 3 atom stereocenters. The van der Waals surface area contributed by atoms with Crippen LogP contribution in [-0.2, 0) is 6.61 Å². The van der Waals surface area contributed by atoms with Gasteiger partial charge in [0.25, 0.3) is 0 Å². The number of aliphatic hydroxyl groups excluding tert-OH is 1. The molecule has 19 heavy (non-hydrogen) atoms. The fraction of sp³-hybridized carbons (Fsp3) is 0.667. The predicted molar refractivity (Wildman–Crippen MR) is 81.2 cm³/mol. The molecule has 106 valence electrons. The molecule has 1 aromatic carbocycles. The van der Waals surface area contributed by atoms with E-state index in [9.17, 15) is 5.11 Å². The van der Waals surface area contributed by atoms with Crippen molar-refractivity contribution in [2.75, 3.05) is 0 Å². The third-order valence-electron chi connectivity index (χ3n) is 5.14. The van der Waals surface area contributed by atoms with Gasteiger partial charge in [0.2, 0.25) is 0 Å². The standard InChI is InChI=1S/C18H28O/c1-12(2)15-6-5-13(3)18(10-15)16-7-8-17(11-19)14(4)9-16/h7-9,12-13,15,18-19H,5-6,10-11H2,1-4H3. The Balaban J connectivity index is 2.21. The summed E-state index contributed by atoms with van der Waals surface area (Å²) in [6, 6.07) is 6.65. The molecule has 0 aliphatic heterocycles. The summed E-state index contributed by atoms with van der Waals surface area (Å²) >= 11 is 0. The van der Waals surface area contributed by atoms with Crippen LogP contribution in [0.15, 0.2) is 18.2 Å². The summed E-state index contributed by atoms with van der Waals surface area (Å²) in [5, 5.41) is 9.29. The van der Waals surface area contributed by atoms with Gasteiger partial charge in [0.15, 0.2) is 0 Å². The lowest BCUT2D eigenvalue weighted by molar-refractivity contribution is 0.204. The largest absolute Gasteiger partial charge is 0.392 e. The molecule has 0 radical (unpaired) electrons. The second-order valence-electron chi connectivity index (χ2n) is 6.74. The van der Waals surface area contributed by atoms with Crippen molar-refractivity contribution in [3.05, 3.63) is 34.9 Å². The SMILES string of the molecule is Cc1cc(C2CC(C(C)C)CCC2C)ccc1CO. The van der Waals surface area contributed by atoms with Crippen molar-refractivity contribution < 1.29 is 5.11 Å². The molecule has 0 heterocycles. The van der Waals surface area contributed by atoms with Crippen molar-refractivity contribution in [1.29, 1.82) is 0 Å². The van der Waals surface area contributed by atoms with Crippen LogP contribution >= 0.6 is 0 Å². The fourth-order valence-electron chi connectivity index (χ4n) is 3.55. The number of aliphatic hydroxyl groups is 1. The van der Waals surface area contributed by atoms with Gasteiger partial charge in [0, 0.05) is 0 Å². The van der Waals surface area contributed by atoms with Gasteiger partial charge in [-0.15, -0.1) is 0 Å². The molecule has 1 heteroatoms. The number of rotatable bonds is 3. The second kappa shape index (κ2) is 6.09. The average Bonchev–Trinajstić information content (AvgIpc) is 2.38. The van der Waals surface area contributed by atoms with Crippen LogP contribution in [0.25, 0.3) is 0 Å². The van der Waals surface area contributed by atoms with Gasteiger partial charge in [-0.05, 0) is 66.5 Å². The molecule has 0 spiro atoms. The lowest BCUT2D eigenvalue weighted by Gasteiger charge is -2.36. The van der Waals surface area contributed by atoms with Crippen molar-refractivity contribution in [2.24, 2.45) is 17.8 Å². The van der Waals surface area contributed by atoms with Crippen LogP contribution in [0.2, 0.25) is 0 Å². The van der Waals surface area contributed by atoms with E-state index in [1.165, 1.54) is 30.4 Å². The third-order valence-corrected chi connectivity index (χ3v) is 5.14. The smallest absolute Gasteiger partial charge is 0.0684 e. The summed E-state index contributed by atoms with van der Waals surface area (Å²) in [5.74, 6) is 3.16. The van der Waals surface area contributed by atoms with E-state index in [1.807, 2.05) is 0 Å². The maximum absolute atomic E-state index is 9.29. The fourth-order valence-corrected chi connectivity index (χ4v) is 3.55. The van der Waals surface area contributed by atoms with E-state index in [4.69, 9.17) is 0 Å². The van der Waals surface area contributed by atoms with E-state index in [0.717, 1.165) is 23.3 Å². The minimum Gasteiger partial charge on any atom is -0.392 e. The molecule has 1 aliphatic rings. The van der Waals surface area contributed by atoms with Crippen molar-refractivity contribution in [1.82, 2.24) is 0 Å². The van der Waals surface area contributed by atoms with Crippen molar-refractivity contribution >= 4 is 0 Å². The Morgan fingerprint density at radius 1 is 1.26 bits per heavy atom. The molecule has 2 rings (SSSR count). The molecule has 0 aromatic heterocycles. The Bertz CT molecular complexity index is 422. The highest BCUT2D eigenvalue weighted by atomic mass is 16.3. The van der Waals surface area contributed by atoms with E-state index >= 15 is 0 Å². The topological polar surface area (TPSA) is 20.2 Å². The van der Waals surface area contributed by atoms with E-state index in [1.54, 1.807) is 0 Å². The molecule has 0 bridgehead atoms. The Morgan fingerprint density at radius 3 is 2.58 bits per heavy atom. The highest BCUT2D eigenvalue weighted by Gasteiger charge is 2.30. The Morgan fingerprint density at radius 2 is 2.00 bits per heavy atom. The molecule has 0 amide bonds. The van der Waals surface area contributed by atoms with Crippen molar-refractivity contribution in [2.45, 2.75) is 59.5 Å². The normalized spacial score (nSPS) is 27.8. The first-order chi connectivity index (χ1) is 9.02. The summed E-state index contributed by atoms with van der Waals surface area (Å²) in [6.45, 7) is 9.38. The van der Waals surface area contributed by atoms with Gasteiger partial charge in [0.05, 0.1) is 6.61 Å². The van der Waals surface area contributed by atoms with Gasteiger partial charge in [0.1, 0.15) is 0 Å². The van der Waals surface area contributed by atoms with Gasteiger partial charge < -0.3 is 5.11 Å². The number of benzene rings is 1. The van der Waals surface area contributed by atoms with Crippen LogP contribution < -0.4 is 0 Å². The van der Waals surface area contributed by atoms with Crippen molar-refractivity contribution in [3.63, 3.8) is 0 Å². The van der Waals surface area contributed by atoms with Gasteiger partial charge in [-0.1, -0.05) is 39.0 Å². The summed E-state index contributed by atoms with van der Waals surface area (Å²) in [6.07, 6.45) is 4.08. The zero-order valence-electron chi connectivity index (χ0n) is 12.8. The predicted octanol–water partition coefficient (Wildman–Crippen LogP) is 4.66. The van der Waals surface area contributed by atoms with E-state index in [2.05, 4.69) is 45.9 Å². The number of aryl methyl sites for hydroxylation is 1. The third kappa shape index (κ3) is 3.20. The molecule has 3 unspecified atom stereocenters. The lowest BCUT2D eigenvalue weighted by Crippen LogP contribution is -2.24. The molecule has 1 N–H and O–H groups in total. The van der Waals surface area contributed by atoms with E-state index in [-0.39, 0.29) is 6.61 Å². The summed E-state index contributed by atoms with van der Waals surface area (Å²) in [5.41, 5.74) is 3.78. The summed E-state index contributed by atoms with van der Waals surface area (Å²) in [4.78, 5) is 0. The molecule has 1 aliphatic carbocycles. The monoisotopic (exact) mass is 260 g/mol. The van der Waals surface area contributed by atoms with Crippen molar-refractivity contribution in [3.8, 4) is 0 Å². The Labute approximate surface area is 118 Å². The number of hydrogen-bond donors (Lipinski definition) is 1. The zero-order valence-corrected chi connectivity index (χ0v) is 12.8. The average molecular weight is 260 g/mol. The van der Waals surface area contributed by atoms with Gasteiger partial charge in [-0.3, -0.25) is 0 Å². The molecule has 1 nitrogen and oxygen atoms in total. The molecular formula is C18H28O. The van der Waals surface area contributed by atoms with Crippen LogP contribution in [0.1, 0.15) is 62.6 Å². The maximum Gasteiger partial charge on any atom is 0.0684 e. The first kappa shape index (κ1) is 14.6. The van der Waals surface area contributed by atoms with E-state index in [0.29, 0.717) is 5.92 Å². The van der Waals surface area contributed by atoms with Crippen LogP contribution in [0.4, 0.5) is 0 Å². The molecule has 1 aromatic rings. The molecule has 1 saturated carbocycles. The lowest BCUT2D eigenvalue weighted by atomic mass is 9.69. The minimum absolute atomic E-state index is 0.154. The summed E-state index contributed by atoms with van der Waals surface area (Å²) < 4.78 is 0. The second-order valence-corrected chi connectivity index (χ2v) is 6.74. The van der Waals surface area contributed by atoms with Crippen LogP contribution in [0.3, 0.4) is 0 Å². The number of hydrogen-bond acceptors (Lipinski definition) is 1. The Kier molecular flexibility index (Phi) is 4.67.